The third kappa shape index (κ3) is 6.16. The highest BCUT2D eigenvalue weighted by atomic mass is 32.1. The zero-order valence-corrected chi connectivity index (χ0v) is 25.6. The number of aromatic nitrogens is 1. The molecule has 5 rings (SSSR count). The predicted molar refractivity (Wildman–Crippen MR) is 169 cm³/mol. The summed E-state index contributed by atoms with van der Waals surface area (Å²) >= 11 is 0.882. The summed E-state index contributed by atoms with van der Waals surface area (Å²) in [6.45, 7) is 7.26. The number of nitrogens with zero attached hydrogens (tertiary/aromatic N) is 2. The fourth-order valence-corrected chi connectivity index (χ4v) is 5.92. The van der Waals surface area contributed by atoms with Crippen LogP contribution in [0.2, 0.25) is 0 Å². The minimum atomic E-state index is -1.17. The van der Waals surface area contributed by atoms with Crippen LogP contribution in [0.15, 0.2) is 85.0 Å². The number of anilines is 1. The van der Waals surface area contributed by atoms with Crippen LogP contribution in [-0.2, 0) is 20.9 Å². The maximum absolute atomic E-state index is 13.6. The molecule has 2 N–H and O–H groups in total. The molecule has 1 aliphatic heterocycles. The van der Waals surface area contributed by atoms with Gasteiger partial charge in [0.15, 0.2) is 16.6 Å². The second kappa shape index (κ2) is 13.1. The van der Waals surface area contributed by atoms with Crippen molar-refractivity contribution in [3.63, 3.8) is 0 Å². The number of esters is 1. The van der Waals surface area contributed by atoms with E-state index in [0.29, 0.717) is 29.2 Å². The van der Waals surface area contributed by atoms with Gasteiger partial charge in [0.2, 0.25) is 0 Å². The number of thiazole rings is 1. The normalized spacial score (nSPS) is 15.6. The van der Waals surface area contributed by atoms with Gasteiger partial charge in [-0.05, 0) is 60.9 Å². The third-order valence-electron chi connectivity index (χ3n) is 7.16. The number of aromatic hydroxyl groups is 1. The molecule has 11 heteroatoms. The SMILES string of the molecule is C=CCOC(=O)c1sc(N2C(=O)C(=O)C(=C(O)c3ccc(OCc4ccccc4)c(C)c3)[C@@H]2c2ccc(O)c(OC)c2)nc1C. The maximum atomic E-state index is 13.6. The van der Waals surface area contributed by atoms with Gasteiger partial charge in [-0.15, -0.1) is 0 Å². The molecular formula is C34H30N2O8S. The molecule has 0 bridgehead atoms. The number of ether oxygens (including phenoxy) is 3. The first-order chi connectivity index (χ1) is 21.6. The molecular weight excluding hydrogens is 596 g/mol. The highest BCUT2D eigenvalue weighted by Gasteiger charge is 2.48. The van der Waals surface area contributed by atoms with E-state index in [1.54, 1.807) is 25.1 Å². The monoisotopic (exact) mass is 626 g/mol. The van der Waals surface area contributed by atoms with Gasteiger partial charge < -0.3 is 24.4 Å². The first-order valence-electron chi connectivity index (χ1n) is 13.9. The van der Waals surface area contributed by atoms with Crippen molar-refractivity contribution >= 4 is 39.9 Å². The number of amides is 1. The molecule has 45 heavy (non-hydrogen) atoms. The van der Waals surface area contributed by atoms with E-state index in [0.717, 1.165) is 21.8 Å². The molecule has 0 spiro atoms. The molecule has 4 aromatic rings. The Morgan fingerprint density at radius 3 is 2.51 bits per heavy atom. The van der Waals surface area contributed by atoms with E-state index in [-0.39, 0.29) is 39.3 Å². The number of carbonyl (C=O) groups excluding carboxylic acids is 3. The lowest BCUT2D eigenvalue weighted by atomic mass is 9.94. The molecule has 3 aromatic carbocycles. The maximum Gasteiger partial charge on any atom is 0.350 e. The van der Waals surface area contributed by atoms with Gasteiger partial charge in [-0.2, -0.15) is 0 Å². The molecule has 1 amide bonds. The number of benzene rings is 3. The average molecular weight is 627 g/mol. The Morgan fingerprint density at radius 1 is 1.07 bits per heavy atom. The molecule has 10 nitrogen and oxygen atoms in total. The molecule has 0 aliphatic carbocycles. The molecule has 1 aromatic heterocycles. The number of phenolic OH excluding ortho intramolecular Hbond substituents is 1. The fraction of sp³-hybridized carbons (Fsp3) is 0.176. The molecule has 1 atom stereocenters. The summed E-state index contributed by atoms with van der Waals surface area (Å²) in [4.78, 5) is 45.6. The van der Waals surface area contributed by atoms with Crippen molar-refractivity contribution in [2.24, 2.45) is 0 Å². The van der Waals surface area contributed by atoms with Crippen LogP contribution in [0.5, 0.6) is 17.2 Å². The summed E-state index contributed by atoms with van der Waals surface area (Å²) < 4.78 is 16.4. The topological polar surface area (TPSA) is 135 Å². The van der Waals surface area contributed by atoms with Gasteiger partial charge in [-0.3, -0.25) is 14.5 Å². The Kier molecular flexibility index (Phi) is 9.01. The summed E-state index contributed by atoms with van der Waals surface area (Å²) in [6.07, 6.45) is 1.43. The van der Waals surface area contributed by atoms with Crippen LogP contribution >= 0.6 is 11.3 Å². The van der Waals surface area contributed by atoms with Crippen molar-refractivity contribution in [2.45, 2.75) is 26.5 Å². The van der Waals surface area contributed by atoms with E-state index >= 15 is 0 Å². The van der Waals surface area contributed by atoms with E-state index < -0.39 is 29.5 Å². The Labute approximate surface area is 263 Å². The third-order valence-corrected chi connectivity index (χ3v) is 8.30. The number of Topliss-reactive ketones (excluding diaryl/α,β-unsaturated/α-hetero) is 1. The molecule has 1 saturated heterocycles. The Morgan fingerprint density at radius 2 is 1.82 bits per heavy atom. The van der Waals surface area contributed by atoms with E-state index in [1.165, 1.54) is 31.4 Å². The molecule has 0 unspecified atom stereocenters. The van der Waals surface area contributed by atoms with Crippen molar-refractivity contribution in [3.8, 4) is 17.2 Å². The minimum Gasteiger partial charge on any atom is -0.507 e. The summed E-state index contributed by atoms with van der Waals surface area (Å²) in [5, 5.41) is 21.9. The summed E-state index contributed by atoms with van der Waals surface area (Å²) in [7, 11) is 1.37. The van der Waals surface area contributed by atoms with Crippen LogP contribution in [0, 0.1) is 13.8 Å². The second-order valence-corrected chi connectivity index (χ2v) is 11.1. The highest BCUT2D eigenvalue weighted by Crippen LogP contribution is 2.45. The Hall–Kier alpha value is -5.42. The number of hydrogen-bond acceptors (Lipinski definition) is 10. The summed E-state index contributed by atoms with van der Waals surface area (Å²) in [6, 6.07) is 17.8. The number of ketones is 1. The smallest absolute Gasteiger partial charge is 0.350 e. The van der Waals surface area contributed by atoms with Crippen LogP contribution < -0.4 is 14.4 Å². The summed E-state index contributed by atoms with van der Waals surface area (Å²) in [5.41, 5.74) is 2.43. The highest BCUT2D eigenvalue weighted by molar-refractivity contribution is 7.17. The second-order valence-electron chi connectivity index (χ2n) is 10.2. The van der Waals surface area contributed by atoms with Gasteiger partial charge in [0, 0.05) is 5.56 Å². The zero-order chi connectivity index (χ0) is 32.2. The van der Waals surface area contributed by atoms with Gasteiger partial charge >= 0.3 is 11.9 Å². The van der Waals surface area contributed by atoms with Gasteiger partial charge in [0.25, 0.3) is 5.78 Å². The fourth-order valence-electron chi connectivity index (χ4n) is 4.93. The van der Waals surface area contributed by atoms with Crippen LogP contribution in [-0.4, -0.2) is 46.6 Å². The molecule has 2 heterocycles. The lowest BCUT2D eigenvalue weighted by Crippen LogP contribution is -2.29. The number of hydrogen-bond donors (Lipinski definition) is 2. The molecule has 230 valence electrons. The van der Waals surface area contributed by atoms with Crippen molar-refractivity contribution in [3.05, 3.63) is 118 Å². The number of phenols is 1. The lowest BCUT2D eigenvalue weighted by molar-refractivity contribution is -0.132. The molecule has 1 fully saturated rings. The molecule has 0 saturated carbocycles. The molecule has 1 aliphatic rings. The van der Waals surface area contributed by atoms with Gasteiger partial charge in [0.05, 0.1) is 24.4 Å². The number of carbonyl (C=O) groups is 3. The van der Waals surface area contributed by atoms with Crippen LogP contribution in [0.3, 0.4) is 0 Å². The Balaban J connectivity index is 1.59. The van der Waals surface area contributed by atoms with Crippen molar-refractivity contribution in [1.29, 1.82) is 0 Å². The largest absolute Gasteiger partial charge is 0.507 e. The first kappa shape index (κ1) is 31.0. The number of aryl methyl sites for hydroxylation is 2. The molecule has 0 radical (unpaired) electrons. The number of methoxy groups -OCH3 is 1. The predicted octanol–water partition coefficient (Wildman–Crippen LogP) is 6.02. The van der Waals surface area contributed by atoms with Crippen LogP contribution in [0.1, 0.15) is 43.7 Å². The Bertz CT molecular complexity index is 1830. The summed E-state index contributed by atoms with van der Waals surface area (Å²) in [5.74, 6) is -2.44. The quantitative estimate of drug-likeness (QED) is 0.0712. The number of aliphatic hydroxyl groups excluding tert-OH is 1. The standard InChI is InChI=1S/C34H30N2O8S/c1-5-15-43-33(41)31-20(3)35-34(45-31)36-28(22-11-13-24(37)26(17-22)42-4)27(30(39)32(36)40)29(38)23-12-14-25(19(2)16-23)44-18-21-9-7-6-8-10-21/h5-14,16-17,28,37-38H,1,15,18H2,2-4H3/t28-/m0/s1. The van der Waals surface area contributed by atoms with E-state index in [1.807, 2.05) is 37.3 Å². The van der Waals surface area contributed by atoms with Crippen molar-refractivity contribution in [1.82, 2.24) is 4.98 Å². The number of rotatable bonds is 10. The zero-order valence-electron chi connectivity index (χ0n) is 24.8. The van der Waals surface area contributed by atoms with Crippen LogP contribution in [0.25, 0.3) is 5.76 Å². The van der Waals surface area contributed by atoms with Gasteiger partial charge in [-0.1, -0.05) is 60.4 Å². The first-order valence-corrected chi connectivity index (χ1v) is 14.7. The average Bonchev–Trinajstić information content (AvgIpc) is 3.55. The van der Waals surface area contributed by atoms with E-state index in [2.05, 4.69) is 11.6 Å². The van der Waals surface area contributed by atoms with Crippen molar-refractivity contribution in [2.75, 3.05) is 18.6 Å². The minimum absolute atomic E-state index is 0.0151. The van der Waals surface area contributed by atoms with E-state index in [9.17, 15) is 24.6 Å². The van der Waals surface area contributed by atoms with E-state index in [4.69, 9.17) is 14.2 Å². The number of aliphatic hydroxyl groups is 1. The lowest BCUT2D eigenvalue weighted by Gasteiger charge is -2.23. The van der Waals surface area contributed by atoms with Gasteiger partial charge in [-0.25, -0.2) is 9.78 Å². The van der Waals surface area contributed by atoms with Gasteiger partial charge in [0.1, 0.15) is 29.6 Å². The van der Waals surface area contributed by atoms with Crippen LogP contribution in [0.4, 0.5) is 5.13 Å². The van der Waals surface area contributed by atoms with Crippen molar-refractivity contribution < 1.29 is 38.8 Å².